The summed E-state index contributed by atoms with van der Waals surface area (Å²) in [5.41, 5.74) is 2.89. The Bertz CT molecular complexity index is 993. The number of nitrogens with one attached hydrogen (secondary N) is 3. The molecule has 6 nitrogen and oxygen atoms in total. The SMILES string of the molecule is CCC(=O)NC(=S)Nc1ccc(NC(=O)c2cc3ccccc3o2)c(C)c1. The van der Waals surface area contributed by atoms with Crippen LogP contribution in [0.2, 0.25) is 0 Å². The molecular formula is C20H19N3O3S. The van der Waals surface area contributed by atoms with Crippen molar-refractivity contribution in [1.29, 1.82) is 0 Å². The van der Waals surface area contributed by atoms with Gasteiger partial charge in [-0.05, 0) is 55.0 Å². The lowest BCUT2D eigenvalue weighted by Gasteiger charge is -2.12. The fourth-order valence-electron chi connectivity index (χ4n) is 2.54. The maximum Gasteiger partial charge on any atom is 0.291 e. The minimum atomic E-state index is -0.319. The first kappa shape index (κ1) is 18.6. The van der Waals surface area contributed by atoms with E-state index in [-0.39, 0.29) is 22.7 Å². The molecule has 0 aliphatic carbocycles. The Morgan fingerprint density at radius 2 is 1.85 bits per heavy atom. The molecule has 0 bridgehead atoms. The average molecular weight is 381 g/mol. The maximum atomic E-state index is 12.5. The zero-order chi connectivity index (χ0) is 19.4. The largest absolute Gasteiger partial charge is 0.451 e. The van der Waals surface area contributed by atoms with E-state index in [9.17, 15) is 9.59 Å². The molecule has 1 aromatic heterocycles. The molecule has 2 amide bonds. The van der Waals surface area contributed by atoms with Crippen LogP contribution < -0.4 is 16.0 Å². The lowest BCUT2D eigenvalue weighted by molar-refractivity contribution is -0.119. The molecule has 0 spiro atoms. The van der Waals surface area contributed by atoms with Crippen LogP contribution in [0.4, 0.5) is 11.4 Å². The molecule has 0 unspecified atom stereocenters. The summed E-state index contributed by atoms with van der Waals surface area (Å²) in [5, 5.41) is 9.48. The second-order valence-electron chi connectivity index (χ2n) is 5.99. The van der Waals surface area contributed by atoms with Crippen molar-refractivity contribution in [2.75, 3.05) is 10.6 Å². The van der Waals surface area contributed by atoms with Crippen LogP contribution in [0.1, 0.15) is 29.5 Å². The van der Waals surface area contributed by atoms with Crippen LogP contribution in [0.25, 0.3) is 11.0 Å². The van der Waals surface area contributed by atoms with Gasteiger partial charge in [-0.1, -0.05) is 25.1 Å². The van der Waals surface area contributed by atoms with Crippen LogP contribution in [0.15, 0.2) is 52.9 Å². The first-order valence-corrected chi connectivity index (χ1v) is 8.88. The van der Waals surface area contributed by atoms with Gasteiger partial charge in [0.05, 0.1) is 0 Å². The Hall–Kier alpha value is -3.19. The monoisotopic (exact) mass is 381 g/mol. The lowest BCUT2D eigenvalue weighted by Crippen LogP contribution is -2.33. The van der Waals surface area contributed by atoms with Crippen LogP contribution in [0.5, 0.6) is 0 Å². The summed E-state index contributed by atoms with van der Waals surface area (Å²) in [6.07, 6.45) is 0.355. The molecule has 0 saturated heterocycles. The van der Waals surface area contributed by atoms with E-state index in [2.05, 4.69) is 16.0 Å². The molecule has 3 rings (SSSR count). The van der Waals surface area contributed by atoms with Gasteiger partial charge in [-0.15, -0.1) is 0 Å². The molecule has 138 valence electrons. The van der Waals surface area contributed by atoms with E-state index in [0.717, 1.165) is 16.6 Å². The van der Waals surface area contributed by atoms with Crippen molar-refractivity contribution >= 4 is 51.5 Å². The van der Waals surface area contributed by atoms with Gasteiger partial charge in [0.25, 0.3) is 5.91 Å². The highest BCUT2D eigenvalue weighted by molar-refractivity contribution is 7.80. The van der Waals surface area contributed by atoms with E-state index in [0.29, 0.717) is 17.7 Å². The van der Waals surface area contributed by atoms with Crippen LogP contribution >= 0.6 is 12.2 Å². The van der Waals surface area contributed by atoms with E-state index < -0.39 is 0 Å². The Morgan fingerprint density at radius 1 is 1.07 bits per heavy atom. The minimum Gasteiger partial charge on any atom is -0.451 e. The molecular weight excluding hydrogens is 362 g/mol. The number of furan rings is 1. The van der Waals surface area contributed by atoms with Gasteiger partial charge in [0.1, 0.15) is 5.58 Å². The van der Waals surface area contributed by atoms with Gasteiger partial charge in [-0.25, -0.2) is 0 Å². The summed E-state index contributed by atoms with van der Waals surface area (Å²) < 4.78 is 5.58. The van der Waals surface area contributed by atoms with Crippen molar-refractivity contribution in [2.24, 2.45) is 0 Å². The first-order chi connectivity index (χ1) is 13.0. The number of para-hydroxylation sites is 1. The van der Waals surface area contributed by atoms with Crippen molar-refractivity contribution in [3.63, 3.8) is 0 Å². The molecule has 0 fully saturated rings. The molecule has 1 heterocycles. The molecule has 0 aliphatic heterocycles. The highest BCUT2D eigenvalue weighted by Crippen LogP contribution is 2.23. The van der Waals surface area contributed by atoms with Gasteiger partial charge < -0.3 is 20.4 Å². The minimum absolute atomic E-state index is 0.154. The second kappa shape index (κ2) is 8.01. The Balaban J connectivity index is 1.69. The van der Waals surface area contributed by atoms with E-state index in [1.807, 2.05) is 37.3 Å². The number of amides is 2. The summed E-state index contributed by atoms with van der Waals surface area (Å²) >= 11 is 5.09. The van der Waals surface area contributed by atoms with E-state index in [1.165, 1.54) is 0 Å². The standard InChI is InChI=1S/C20H19N3O3S/c1-3-18(24)23-20(27)21-14-8-9-15(12(2)10-14)22-19(25)17-11-13-6-4-5-7-16(13)26-17/h4-11H,3H2,1-2H3,(H,22,25)(H2,21,23,24,27). The Morgan fingerprint density at radius 3 is 2.56 bits per heavy atom. The number of aryl methyl sites for hydroxylation is 1. The van der Waals surface area contributed by atoms with Crippen LogP contribution in [-0.2, 0) is 4.79 Å². The quantitative estimate of drug-likeness (QED) is 0.590. The van der Waals surface area contributed by atoms with Crippen LogP contribution in [0.3, 0.4) is 0 Å². The Labute approximate surface area is 161 Å². The smallest absolute Gasteiger partial charge is 0.291 e. The topological polar surface area (TPSA) is 83.4 Å². The Kier molecular flexibility index (Phi) is 5.52. The number of fused-ring (bicyclic) bond motifs is 1. The van der Waals surface area contributed by atoms with Gasteiger partial charge in [0.15, 0.2) is 10.9 Å². The maximum absolute atomic E-state index is 12.5. The fraction of sp³-hybridized carbons (Fsp3) is 0.150. The van der Waals surface area contributed by atoms with Crippen LogP contribution in [0, 0.1) is 6.92 Å². The number of hydrogen-bond donors (Lipinski definition) is 3. The van der Waals surface area contributed by atoms with Crippen molar-refractivity contribution in [3.8, 4) is 0 Å². The van der Waals surface area contributed by atoms with Gasteiger partial charge >= 0.3 is 0 Å². The third-order valence-corrected chi connectivity index (χ3v) is 4.16. The van der Waals surface area contributed by atoms with Crippen molar-refractivity contribution in [2.45, 2.75) is 20.3 Å². The number of carbonyl (C=O) groups excluding carboxylic acids is 2. The van der Waals surface area contributed by atoms with Crippen molar-refractivity contribution < 1.29 is 14.0 Å². The summed E-state index contributed by atoms with van der Waals surface area (Å²) in [5.74, 6) is -0.221. The molecule has 0 atom stereocenters. The highest BCUT2D eigenvalue weighted by Gasteiger charge is 2.13. The number of rotatable bonds is 4. The zero-order valence-electron chi connectivity index (χ0n) is 15.0. The molecule has 7 heteroatoms. The van der Waals surface area contributed by atoms with E-state index in [4.69, 9.17) is 16.6 Å². The van der Waals surface area contributed by atoms with Gasteiger partial charge in [-0.3, -0.25) is 9.59 Å². The van der Waals surface area contributed by atoms with Gasteiger partial charge in [-0.2, -0.15) is 0 Å². The van der Waals surface area contributed by atoms with Gasteiger partial charge in [0.2, 0.25) is 5.91 Å². The number of anilines is 2. The molecule has 0 aliphatic rings. The lowest BCUT2D eigenvalue weighted by atomic mass is 10.1. The fourth-order valence-corrected chi connectivity index (χ4v) is 2.77. The summed E-state index contributed by atoms with van der Waals surface area (Å²) in [7, 11) is 0. The number of carbonyl (C=O) groups is 2. The summed E-state index contributed by atoms with van der Waals surface area (Å²) in [6.45, 7) is 3.62. The molecule has 2 aromatic carbocycles. The summed E-state index contributed by atoms with van der Waals surface area (Å²) in [6, 6.07) is 14.5. The van der Waals surface area contributed by atoms with Crippen molar-refractivity contribution in [3.05, 3.63) is 59.9 Å². The third kappa shape index (κ3) is 4.51. The van der Waals surface area contributed by atoms with E-state index in [1.54, 1.807) is 25.1 Å². The van der Waals surface area contributed by atoms with Gasteiger partial charge in [0, 0.05) is 23.2 Å². The van der Waals surface area contributed by atoms with Crippen molar-refractivity contribution in [1.82, 2.24) is 5.32 Å². The zero-order valence-corrected chi connectivity index (χ0v) is 15.8. The molecule has 27 heavy (non-hydrogen) atoms. The predicted molar refractivity (Wildman–Crippen MR) is 110 cm³/mol. The molecule has 0 radical (unpaired) electrons. The average Bonchev–Trinajstić information content (AvgIpc) is 3.08. The highest BCUT2D eigenvalue weighted by atomic mass is 32.1. The number of benzene rings is 2. The second-order valence-corrected chi connectivity index (χ2v) is 6.40. The molecule has 3 N–H and O–H groups in total. The summed E-state index contributed by atoms with van der Waals surface area (Å²) in [4.78, 5) is 23.8. The first-order valence-electron chi connectivity index (χ1n) is 8.47. The molecule has 0 saturated carbocycles. The number of hydrogen-bond acceptors (Lipinski definition) is 4. The third-order valence-electron chi connectivity index (χ3n) is 3.96. The van der Waals surface area contributed by atoms with Crippen LogP contribution in [-0.4, -0.2) is 16.9 Å². The number of thiocarbonyl (C=S) groups is 1. The van der Waals surface area contributed by atoms with E-state index >= 15 is 0 Å². The normalized spacial score (nSPS) is 10.4. The predicted octanol–water partition coefficient (Wildman–Crippen LogP) is 4.22. The molecule has 3 aromatic rings.